The molecule has 0 amide bonds. The van der Waals surface area contributed by atoms with E-state index in [9.17, 15) is 0 Å². The Morgan fingerprint density at radius 2 is 2.17 bits per heavy atom. The summed E-state index contributed by atoms with van der Waals surface area (Å²) in [6.07, 6.45) is 0. The minimum Gasteiger partial charge on any atom is -0.0922 e. The summed E-state index contributed by atoms with van der Waals surface area (Å²) in [6, 6.07) is 6.20. The molecule has 0 nitrogen and oxygen atoms in total. The predicted molar refractivity (Wildman–Crippen MR) is 58.4 cm³/mol. The molecule has 0 aliphatic rings. The van der Waals surface area contributed by atoms with E-state index in [-0.39, 0.29) is 0 Å². The molecule has 0 aliphatic carbocycles. The Labute approximate surface area is 87.1 Å². The lowest BCUT2D eigenvalue weighted by Gasteiger charge is -2.09. The standard InChI is InChI=1S/C10H12BrCl/c1-7-5-9(8(2)6-11)3-4-10(7)12/h3-5,8H,6H2,1-2H3. The summed E-state index contributed by atoms with van der Waals surface area (Å²) in [7, 11) is 0. The van der Waals surface area contributed by atoms with Crippen LogP contribution in [-0.2, 0) is 0 Å². The lowest BCUT2D eigenvalue weighted by molar-refractivity contribution is 0.886. The summed E-state index contributed by atoms with van der Waals surface area (Å²) < 4.78 is 0. The Morgan fingerprint density at radius 1 is 1.50 bits per heavy atom. The van der Waals surface area contributed by atoms with E-state index < -0.39 is 0 Å². The molecule has 0 saturated carbocycles. The summed E-state index contributed by atoms with van der Waals surface area (Å²) in [4.78, 5) is 0. The van der Waals surface area contributed by atoms with Crippen molar-refractivity contribution in [2.75, 3.05) is 5.33 Å². The molecule has 0 heterocycles. The smallest absolute Gasteiger partial charge is 0.0435 e. The van der Waals surface area contributed by atoms with Crippen molar-refractivity contribution in [1.82, 2.24) is 0 Å². The van der Waals surface area contributed by atoms with Gasteiger partial charge in [0.05, 0.1) is 0 Å². The molecule has 0 N–H and O–H groups in total. The zero-order valence-electron chi connectivity index (χ0n) is 7.27. The van der Waals surface area contributed by atoms with Gasteiger partial charge in [0.1, 0.15) is 0 Å². The number of benzene rings is 1. The Kier molecular flexibility index (Phi) is 3.60. The van der Waals surface area contributed by atoms with Gasteiger partial charge in [-0.15, -0.1) is 0 Å². The molecule has 1 atom stereocenters. The van der Waals surface area contributed by atoms with Gasteiger partial charge in [-0.2, -0.15) is 0 Å². The molecule has 0 aromatic heterocycles. The topological polar surface area (TPSA) is 0 Å². The zero-order valence-corrected chi connectivity index (χ0v) is 9.61. The molecule has 12 heavy (non-hydrogen) atoms. The largest absolute Gasteiger partial charge is 0.0922 e. The summed E-state index contributed by atoms with van der Waals surface area (Å²) in [5.74, 6) is 0.556. The van der Waals surface area contributed by atoms with E-state index in [2.05, 4.69) is 35.0 Å². The molecule has 0 bridgehead atoms. The Bertz CT molecular complexity index is 271. The summed E-state index contributed by atoms with van der Waals surface area (Å²) >= 11 is 9.38. The maximum Gasteiger partial charge on any atom is 0.0435 e. The number of hydrogen-bond donors (Lipinski definition) is 0. The molecular formula is C10H12BrCl. The van der Waals surface area contributed by atoms with Crippen LogP contribution in [0.15, 0.2) is 18.2 Å². The monoisotopic (exact) mass is 246 g/mol. The predicted octanol–water partition coefficient (Wildman–Crippen LogP) is 4.15. The van der Waals surface area contributed by atoms with Crippen LogP contribution in [0.1, 0.15) is 24.0 Å². The van der Waals surface area contributed by atoms with Gasteiger partial charge >= 0.3 is 0 Å². The normalized spacial score (nSPS) is 13.0. The third-order valence-electron chi connectivity index (χ3n) is 1.98. The fraction of sp³-hybridized carbons (Fsp3) is 0.400. The summed E-state index contributed by atoms with van der Waals surface area (Å²) in [5.41, 5.74) is 2.50. The molecule has 0 radical (unpaired) electrons. The Morgan fingerprint density at radius 3 is 2.67 bits per heavy atom. The fourth-order valence-corrected chi connectivity index (χ4v) is 1.55. The summed E-state index contributed by atoms with van der Waals surface area (Å²) in [5, 5.41) is 1.84. The highest BCUT2D eigenvalue weighted by atomic mass is 79.9. The van der Waals surface area contributed by atoms with Crippen molar-refractivity contribution >= 4 is 27.5 Å². The molecular weight excluding hydrogens is 235 g/mol. The van der Waals surface area contributed by atoms with Gasteiger partial charge in [0, 0.05) is 10.4 Å². The van der Waals surface area contributed by atoms with E-state index >= 15 is 0 Å². The van der Waals surface area contributed by atoms with Crippen LogP contribution in [0.4, 0.5) is 0 Å². The number of halogens is 2. The SMILES string of the molecule is Cc1cc(C(C)CBr)ccc1Cl. The second-order valence-corrected chi connectivity index (χ2v) is 4.12. The van der Waals surface area contributed by atoms with Crippen LogP contribution in [0.2, 0.25) is 5.02 Å². The first-order chi connectivity index (χ1) is 5.65. The lowest BCUT2D eigenvalue weighted by atomic mass is 10.0. The molecule has 2 heteroatoms. The lowest BCUT2D eigenvalue weighted by Crippen LogP contribution is -1.94. The van der Waals surface area contributed by atoms with Crippen molar-refractivity contribution in [3.05, 3.63) is 34.3 Å². The van der Waals surface area contributed by atoms with Gasteiger partial charge in [-0.1, -0.05) is 46.6 Å². The Balaban J connectivity index is 2.96. The van der Waals surface area contributed by atoms with E-state index in [0.717, 1.165) is 15.9 Å². The maximum atomic E-state index is 5.92. The third kappa shape index (κ3) is 2.24. The van der Waals surface area contributed by atoms with Crippen LogP contribution in [0.5, 0.6) is 0 Å². The van der Waals surface area contributed by atoms with Gasteiger partial charge in [0.2, 0.25) is 0 Å². The van der Waals surface area contributed by atoms with E-state index in [1.165, 1.54) is 5.56 Å². The highest BCUT2D eigenvalue weighted by Crippen LogP contribution is 2.22. The van der Waals surface area contributed by atoms with Crippen LogP contribution >= 0.6 is 27.5 Å². The van der Waals surface area contributed by atoms with Gasteiger partial charge in [-0.25, -0.2) is 0 Å². The van der Waals surface area contributed by atoms with Crippen molar-refractivity contribution < 1.29 is 0 Å². The van der Waals surface area contributed by atoms with Crippen LogP contribution in [-0.4, -0.2) is 5.33 Å². The maximum absolute atomic E-state index is 5.92. The van der Waals surface area contributed by atoms with E-state index in [4.69, 9.17) is 11.6 Å². The Hall–Kier alpha value is -0.0100. The van der Waals surface area contributed by atoms with Crippen LogP contribution in [0.25, 0.3) is 0 Å². The quantitative estimate of drug-likeness (QED) is 0.689. The zero-order chi connectivity index (χ0) is 9.14. The van der Waals surface area contributed by atoms with Crippen molar-refractivity contribution in [2.24, 2.45) is 0 Å². The molecule has 1 aromatic rings. The van der Waals surface area contributed by atoms with Crippen LogP contribution in [0, 0.1) is 6.92 Å². The molecule has 0 saturated heterocycles. The molecule has 1 rings (SSSR count). The minimum absolute atomic E-state index is 0.556. The van der Waals surface area contributed by atoms with Crippen molar-refractivity contribution in [1.29, 1.82) is 0 Å². The van der Waals surface area contributed by atoms with Gasteiger partial charge in [-0.3, -0.25) is 0 Å². The number of aryl methyl sites for hydroxylation is 1. The first-order valence-electron chi connectivity index (χ1n) is 3.97. The molecule has 1 aromatic carbocycles. The van der Waals surface area contributed by atoms with Gasteiger partial charge in [0.25, 0.3) is 0 Å². The second kappa shape index (κ2) is 4.29. The average molecular weight is 248 g/mol. The van der Waals surface area contributed by atoms with Gasteiger partial charge in [0.15, 0.2) is 0 Å². The van der Waals surface area contributed by atoms with E-state index in [0.29, 0.717) is 5.92 Å². The number of rotatable bonds is 2. The number of alkyl halides is 1. The minimum atomic E-state index is 0.556. The molecule has 66 valence electrons. The van der Waals surface area contributed by atoms with Crippen LogP contribution in [0.3, 0.4) is 0 Å². The highest BCUT2D eigenvalue weighted by molar-refractivity contribution is 9.09. The van der Waals surface area contributed by atoms with Crippen molar-refractivity contribution in [3.8, 4) is 0 Å². The average Bonchev–Trinajstić information content (AvgIpc) is 2.08. The molecule has 0 spiro atoms. The first-order valence-corrected chi connectivity index (χ1v) is 5.47. The van der Waals surface area contributed by atoms with E-state index in [1.807, 2.05) is 13.0 Å². The van der Waals surface area contributed by atoms with Crippen molar-refractivity contribution in [3.63, 3.8) is 0 Å². The first kappa shape index (κ1) is 10.1. The van der Waals surface area contributed by atoms with E-state index in [1.54, 1.807) is 0 Å². The van der Waals surface area contributed by atoms with Crippen LogP contribution < -0.4 is 0 Å². The third-order valence-corrected chi connectivity index (χ3v) is 3.38. The summed E-state index contributed by atoms with van der Waals surface area (Å²) in [6.45, 7) is 4.23. The van der Waals surface area contributed by atoms with Gasteiger partial charge in [-0.05, 0) is 30.0 Å². The second-order valence-electron chi connectivity index (χ2n) is 3.06. The number of hydrogen-bond acceptors (Lipinski definition) is 0. The van der Waals surface area contributed by atoms with Crippen molar-refractivity contribution in [2.45, 2.75) is 19.8 Å². The molecule has 0 aliphatic heterocycles. The molecule has 0 fully saturated rings. The highest BCUT2D eigenvalue weighted by Gasteiger charge is 2.04. The molecule has 1 unspecified atom stereocenters. The van der Waals surface area contributed by atoms with Gasteiger partial charge < -0.3 is 0 Å². The fourth-order valence-electron chi connectivity index (χ4n) is 1.06.